The Labute approximate surface area is 196 Å². The third-order valence-electron chi connectivity index (χ3n) is 5.86. The zero-order valence-electron chi connectivity index (χ0n) is 18.6. The standard InChI is InChI=1S/C26H24N6O2/c33-14-13-27-26(34)25-24(21-11-12-23-22(15-21)16-28-29-23)30-31-32(25,17-19-7-3-1-4-8-19)18-20-9-5-2-6-10-20/h1-12,15-16,33H,13-14,17-18H2,(H-,27,28,29,34)/p+1. The van der Waals surface area contributed by atoms with Crippen LogP contribution in [-0.2, 0) is 17.9 Å². The van der Waals surface area contributed by atoms with Crippen LogP contribution in [0.5, 0.6) is 0 Å². The van der Waals surface area contributed by atoms with E-state index in [2.05, 4.69) is 20.6 Å². The van der Waals surface area contributed by atoms with Gasteiger partial charge in [-0.1, -0.05) is 71.8 Å². The second-order valence-corrected chi connectivity index (χ2v) is 8.25. The summed E-state index contributed by atoms with van der Waals surface area (Å²) in [4.78, 5) is 13.6. The second kappa shape index (κ2) is 9.38. The second-order valence-electron chi connectivity index (χ2n) is 8.25. The average Bonchev–Trinajstić information content (AvgIpc) is 3.48. The summed E-state index contributed by atoms with van der Waals surface area (Å²) >= 11 is 0. The van der Waals surface area contributed by atoms with E-state index in [1.807, 2.05) is 78.9 Å². The molecule has 8 heteroatoms. The highest BCUT2D eigenvalue weighted by Crippen LogP contribution is 2.40. The highest BCUT2D eigenvalue weighted by molar-refractivity contribution is 6.00. The minimum atomic E-state index is -0.298. The first-order valence-corrected chi connectivity index (χ1v) is 11.1. The van der Waals surface area contributed by atoms with E-state index < -0.39 is 0 Å². The fraction of sp³-hybridized carbons (Fsp3) is 0.154. The highest BCUT2D eigenvalue weighted by atomic mass is 16.3. The van der Waals surface area contributed by atoms with Gasteiger partial charge in [0.2, 0.25) is 0 Å². The van der Waals surface area contributed by atoms with Crippen molar-refractivity contribution in [1.29, 1.82) is 0 Å². The number of amides is 1. The van der Waals surface area contributed by atoms with Crippen LogP contribution < -0.4 is 5.32 Å². The minimum Gasteiger partial charge on any atom is -0.395 e. The monoisotopic (exact) mass is 453 g/mol. The predicted octanol–water partition coefficient (Wildman–Crippen LogP) is 3.94. The summed E-state index contributed by atoms with van der Waals surface area (Å²) in [5.41, 5.74) is 4.73. The van der Waals surface area contributed by atoms with E-state index in [1.54, 1.807) is 6.20 Å². The third-order valence-corrected chi connectivity index (χ3v) is 5.86. The van der Waals surface area contributed by atoms with E-state index in [0.717, 1.165) is 27.6 Å². The molecule has 4 aromatic rings. The average molecular weight is 454 g/mol. The van der Waals surface area contributed by atoms with Crippen molar-refractivity contribution in [2.24, 2.45) is 10.3 Å². The smallest absolute Gasteiger partial charge is 0.310 e. The molecule has 0 saturated heterocycles. The SMILES string of the molecule is O=C(NCCO)C1=C(c2ccc3[nH]ncc3c2)N=N[N+]1(Cc1ccccc1)Cc1ccccc1. The molecule has 3 aromatic carbocycles. The van der Waals surface area contributed by atoms with Crippen LogP contribution in [0.15, 0.2) is 101 Å². The lowest BCUT2D eigenvalue weighted by atomic mass is 10.1. The summed E-state index contributed by atoms with van der Waals surface area (Å²) in [6.45, 7) is 0.908. The number of carbonyl (C=O) groups excluding carboxylic acids is 1. The molecular weight excluding hydrogens is 428 g/mol. The molecule has 1 aliphatic heterocycles. The van der Waals surface area contributed by atoms with Gasteiger partial charge in [0.1, 0.15) is 13.1 Å². The molecule has 0 spiro atoms. The van der Waals surface area contributed by atoms with Crippen LogP contribution >= 0.6 is 0 Å². The Hall–Kier alpha value is -4.14. The Balaban J connectivity index is 1.67. The van der Waals surface area contributed by atoms with Gasteiger partial charge in [0, 0.05) is 33.8 Å². The molecule has 1 amide bonds. The number of nitrogens with zero attached hydrogens (tertiary/aromatic N) is 4. The topological polar surface area (TPSA) is 103 Å². The fourth-order valence-electron chi connectivity index (χ4n) is 4.30. The van der Waals surface area contributed by atoms with E-state index in [0.29, 0.717) is 24.5 Å². The summed E-state index contributed by atoms with van der Waals surface area (Å²) in [6, 6.07) is 25.7. The maximum Gasteiger partial charge on any atom is 0.310 e. The molecule has 8 nitrogen and oxygen atoms in total. The lowest BCUT2D eigenvalue weighted by Crippen LogP contribution is -2.45. The first-order valence-electron chi connectivity index (χ1n) is 11.1. The van der Waals surface area contributed by atoms with Crippen LogP contribution in [0.4, 0.5) is 0 Å². The first kappa shape index (κ1) is 21.7. The van der Waals surface area contributed by atoms with Gasteiger partial charge in [-0.3, -0.25) is 9.89 Å². The van der Waals surface area contributed by atoms with Crippen molar-refractivity contribution in [2.75, 3.05) is 13.2 Å². The van der Waals surface area contributed by atoms with E-state index in [1.165, 1.54) is 0 Å². The van der Waals surface area contributed by atoms with Gasteiger partial charge in [-0.25, -0.2) is 0 Å². The number of hydrogen-bond acceptors (Lipinski definition) is 5. The minimum absolute atomic E-state index is 0.00988. The van der Waals surface area contributed by atoms with Crippen LogP contribution in [0.3, 0.4) is 0 Å². The van der Waals surface area contributed by atoms with E-state index in [4.69, 9.17) is 5.22 Å². The number of rotatable bonds is 8. The number of aromatic amines is 1. The molecule has 0 unspecified atom stereocenters. The molecule has 1 aliphatic rings. The van der Waals surface area contributed by atoms with Crippen LogP contribution in [-0.4, -0.2) is 39.0 Å². The Morgan fingerprint density at radius 1 is 0.941 bits per heavy atom. The summed E-state index contributed by atoms with van der Waals surface area (Å²) < 4.78 is -0.00988. The zero-order valence-corrected chi connectivity index (χ0v) is 18.6. The number of quaternary nitrogens is 1. The number of benzene rings is 3. The number of H-pyrrole nitrogens is 1. The summed E-state index contributed by atoms with van der Waals surface area (Å²) in [5.74, 6) is -0.298. The molecule has 1 aromatic heterocycles. The molecule has 0 aliphatic carbocycles. The Kier molecular flexibility index (Phi) is 5.99. The number of aromatic nitrogens is 2. The Morgan fingerprint density at radius 2 is 1.62 bits per heavy atom. The largest absolute Gasteiger partial charge is 0.395 e. The number of nitrogens with one attached hydrogen (secondary N) is 2. The number of carbonyl (C=O) groups is 1. The lowest BCUT2D eigenvalue weighted by molar-refractivity contribution is -0.921. The molecule has 0 saturated carbocycles. The number of hydrogen-bond donors (Lipinski definition) is 3. The van der Waals surface area contributed by atoms with Gasteiger partial charge in [-0.05, 0) is 12.1 Å². The molecule has 0 radical (unpaired) electrons. The van der Waals surface area contributed by atoms with Crippen molar-refractivity contribution in [2.45, 2.75) is 13.1 Å². The van der Waals surface area contributed by atoms with Gasteiger partial charge in [-0.2, -0.15) is 5.10 Å². The van der Waals surface area contributed by atoms with Gasteiger partial charge in [0.05, 0.1) is 18.3 Å². The molecule has 2 heterocycles. The fourth-order valence-corrected chi connectivity index (χ4v) is 4.30. The Morgan fingerprint density at radius 3 is 2.26 bits per heavy atom. The first-order chi connectivity index (χ1) is 16.7. The van der Waals surface area contributed by atoms with Crippen molar-refractivity contribution in [3.63, 3.8) is 0 Å². The molecule has 34 heavy (non-hydrogen) atoms. The predicted molar refractivity (Wildman–Crippen MR) is 129 cm³/mol. The molecular formula is C26H25N6O2+. The van der Waals surface area contributed by atoms with Crippen molar-refractivity contribution in [3.8, 4) is 0 Å². The van der Waals surface area contributed by atoms with Gasteiger partial charge in [0.25, 0.3) is 5.70 Å². The number of fused-ring (bicyclic) bond motifs is 1. The molecule has 3 N–H and O–H groups in total. The van der Waals surface area contributed by atoms with Crippen molar-refractivity contribution in [1.82, 2.24) is 15.5 Å². The molecule has 5 rings (SSSR count). The van der Waals surface area contributed by atoms with E-state index >= 15 is 0 Å². The number of aliphatic hydroxyl groups is 1. The van der Waals surface area contributed by atoms with Crippen molar-refractivity contribution >= 4 is 22.5 Å². The van der Waals surface area contributed by atoms with Crippen molar-refractivity contribution in [3.05, 3.63) is 107 Å². The maximum atomic E-state index is 13.6. The van der Waals surface area contributed by atoms with Crippen LogP contribution in [0.1, 0.15) is 16.7 Å². The van der Waals surface area contributed by atoms with E-state index in [-0.39, 0.29) is 23.7 Å². The molecule has 0 fully saturated rings. The summed E-state index contributed by atoms with van der Waals surface area (Å²) in [7, 11) is 0. The van der Waals surface area contributed by atoms with Crippen LogP contribution in [0.2, 0.25) is 0 Å². The summed E-state index contributed by atoms with van der Waals surface area (Å²) in [5, 5.41) is 29.5. The third kappa shape index (κ3) is 4.24. The zero-order chi connectivity index (χ0) is 23.4. The normalized spacial score (nSPS) is 14.6. The van der Waals surface area contributed by atoms with Crippen molar-refractivity contribution < 1.29 is 14.5 Å². The number of aliphatic hydroxyl groups excluding tert-OH is 1. The lowest BCUT2D eigenvalue weighted by Gasteiger charge is -2.29. The van der Waals surface area contributed by atoms with Gasteiger partial charge >= 0.3 is 5.91 Å². The maximum absolute atomic E-state index is 13.6. The Bertz CT molecular complexity index is 1320. The van der Waals surface area contributed by atoms with Gasteiger partial charge in [0.15, 0.2) is 5.70 Å². The van der Waals surface area contributed by atoms with Gasteiger partial charge < -0.3 is 10.4 Å². The van der Waals surface area contributed by atoms with E-state index in [9.17, 15) is 9.90 Å². The quantitative estimate of drug-likeness (QED) is 0.352. The molecule has 170 valence electrons. The highest BCUT2D eigenvalue weighted by Gasteiger charge is 2.46. The molecule has 0 atom stereocenters. The van der Waals surface area contributed by atoms with Crippen LogP contribution in [0.25, 0.3) is 16.6 Å². The van der Waals surface area contributed by atoms with Gasteiger partial charge in [-0.15, -0.1) is 4.59 Å². The van der Waals surface area contributed by atoms with Crippen LogP contribution in [0, 0.1) is 0 Å². The molecule has 0 bridgehead atoms. The summed E-state index contributed by atoms with van der Waals surface area (Å²) in [6.07, 6.45) is 1.74.